The van der Waals surface area contributed by atoms with Gasteiger partial charge in [-0.2, -0.15) is 0 Å². The van der Waals surface area contributed by atoms with Crippen molar-refractivity contribution in [2.24, 2.45) is 5.73 Å². The van der Waals surface area contributed by atoms with Gasteiger partial charge in [-0.25, -0.2) is 0 Å². The van der Waals surface area contributed by atoms with Crippen molar-refractivity contribution in [1.29, 1.82) is 0 Å². The number of carboxylic acids is 1. The number of carbonyl (C=O) groups excluding carboxylic acids is 1. The third-order valence-electron chi connectivity index (χ3n) is 3.36. The van der Waals surface area contributed by atoms with Crippen LogP contribution in [-0.2, 0) is 16.0 Å². The Labute approximate surface area is 144 Å². The molecule has 4 N–H and O–H groups in total. The van der Waals surface area contributed by atoms with Gasteiger partial charge >= 0.3 is 5.97 Å². The molecule has 1 rings (SSSR count). The molecule has 0 aliphatic carbocycles. The number of hydrogen-bond donors (Lipinski definition) is 3. The molecule has 0 aliphatic heterocycles. The topological polar surface area (TPSA) is 92.4 Å². The summed E-state index contributed by atoms with van der Waals surface area (Å²) in [5, 5.41) is 11.5. The van der Waals surface area contributed by atoms with Crippen molar-refractivity contribution in [2.75, 3.05) is 6.54 Å². The first-order chi connectivity index (χ1) is 10.5. The van der Waals surface area contributed by atoms with Crippen molar-refractivity contribution < 1.29 is 14.7 Å². The summed E-state index contributed by atoms with van der Waals surface area (Å²) < 4.78 is 1.21. The summed E-state index contributed by atoms with van der Waals surface area (Å²) in [6.45, 7) is 0.578. The van der Waals surface area contributed by atoms with E-state index in [1.54, 1.807) is 0 Å². The van der Waals surface area contributed by atoms with Crippen LogP contribution >= 0.6 is 22.6 Å². The van der Waals surface area contributed by atoms with E-state index in [0.717, 1.165) is 19.3 Å². The normalized spacial score (nSPS) is 11.9. The first-order valence-corrected chi connectivity index (χ1v) is 8.56. The third-order valence-corrected chi connectivity index (χ3v) is 4.08. The van der Waals surface area contributed by atoms with Crippen LogP contribution in [0.4, 0.5) is 0 Å². The van der Waals surface area contributed by atoms with Crippen LogP contribution in [-0.4, -0.2) is 29.6 Å². The summed E-state index contributed by atoms with van der Waals surface area (Å²) in [5.41, 5.74) is 6.65. The first kappa shape index (κ1) is 18.9. The number of carbonyl (C=O) groups is 2. The largest absolute Gasteiger partial charge is 0.480 e. The van der Waals surface area contributed by atoms with Crippen LogP contribution in [0.3, 0.4) is 0 Å². The number of nitrogens with two attached hydrogens (primary N) is 1. The third kappa shape index (κ3) is 8.33. The molecule has 5 nitrogen and oxygen atoms in total. The highest BCUT2D eigenvalue weighted by molar-refractivity contribution is 14.1. The number of carboxylic acid groups (broad SMARTS) is 1. The molecule has 0 spiro atoms. The van der Waals surface area contributed by atoms with Gasteiger partial charge in [-0.05, 0) is 72.4 Å². The summed E-state index contributed by atoms with van der Waals surface area (Å²) in [7, 11) is 0. The van der Waals surface area contributed by atoms with E-state index in [-0.39, 0.29) is 5.91 Å². The van der Waals surface area contributed by atoms with Gasteiger partial charge in [0.25, 0.3) is 0 Å². The molecule has 1 aromatic rings. The standard InChI is InChI=1S/C16H23IN2O3/c17-13-9-7-12(8-10-13)4-3-6-15(20)19-11-2-1-5-14(18)16(21)22/h7-10,14H,1-6,11,18H2,(H,19,20)(H,21,22)/t14-/m0/s1. The van der Waals surface area contributed by atoms with Crippen LogP contribution < -0.4 is 11.1 Å². The molecule has 1 atom stereocenters. The Morgan fingerprint density at radius 3 is 2.50 bits per heavy atom. The lowest BCUT2D eigenvalue weighted by Gasteiger charge is -2.07. The van der Waals surface area contributed by atoms with Crippen molar-refractivity contribution >= 4 is 34.5 Å². The van der Waals surface area contributed by atoms with Gasteiger partial charge in [-0.3, -0.25) is 9.59 Å². The van der Waals surface area contributed by atoms with E-state index in [1.165, 1.54) is 9.13 Å². The molecule has 0 aliphatic rings. The number of amides is 1. The zero-order chi connectivity index (χ0) is 16.4. The Morgan fingerprint density at radius 2 is 1.86 bits per heavy atom. The van der Waals surface area contributed by atoms with Gasteiger partial charge in [0, 0.05) is 16.5 Å². The number of halogens is 1. The smallest absolute Gasteiger partial charge is 0.320 e. The maximum Gasteiger partial charge on any atom is 0.320 e. The monoisotopic (exact) mass is 418 g/mol. The second-order valence-electron chi connectivity index (χ2n) is 5.27. The number of hydrogen-bond acceptors (Lipinski definition) is 3. The summed E-state index contributed by atoms with van der Waals surface area (Å²) in [5.74, 6) is -0.923. The molecule has 0 bridgehead atoms. The average Bonchev–Trinajstić information content (AvgIpc) is 2.48. The van der Waals surface area contributed by atoms with Gasteiger partial charge in [0.1, 0.15) is 6.04 Å². The Bertz CT molecular complexity index is 477. The minimum atomic E-state index is -0.973. The fourth-order valence-electron chi connectivity index (χ4n) is 2.03. The zero-order valence-corrected chi connectivity index (χ0v) is 14.7. The molecule has 6 heteroatoms. The molecule has 1 aromatic carbocycles. The Hall–Kier alpha value is -1.15. The lowest BCUT2D eigenvalue weighted by molar-refractivity contribution is -0.138. The average molecular weight is 418 g/mol. The van der Waals surface area contributed by atoms with Gasteiger partial charge in [-0.1, -0.05) is 12.1 Å². The molecule has 0 aromatic heterocycles. The van der Waals surface area contributed by atoms with Crippen LogP contribution in [0.1, 0.15) is 37.7 Å². The van der Waals surface area contributed by atoms with Crippen LogP contribution in [0.25, 0.3) is 0 Å². The maximum absolute atomic E-state index is 11.7. The van der Waals surface area contributed by atoms with Crippen molar-refractivity contribution in [2.45, 2.75) is 44.6 Å². The minimum Gasteiger partial charge on any atom is -0.480 e. The Morgan fingerprint density at radius 1 is 1.18 bits per heavy atom. The minimum absolute atomic E-state index is 0.0491. The Balaban J connectivity index is 2.04. The van der Waals surface area contributed by atoms with Gasteiger partial charge < -0.3 is 16.2 Å². The highest BCUT2D eigenvalue weighted by atomic mass is 127. The Kier molecular flexibility index (Phi) is 9.07. The fourth-order valence-corrected chi connectivity index (χ4v) is 2.39. The van der Waals surface area contributed by atoms with Crippen molar-refractivity contribution in [3.8, 4) is 0 Å². The van der Waals surface area contributed by atoms with E-state index in [9.17, 15) is 9.59 Å². The maximum atomic E-state index is 11.7. The molecule has 0 unspecified atom stereocenters. The van der Waals surface area contributed by atoms with Gasteiger partial charge in [0.15, 0.2) is 0 Å². The quantitative estimate of drug-likeness (QED) is 0.402. The number of nitrogens with one attached hydrogen (secondary N) is 1. The van der Waals surface area contributed by atoms with Crippen LogP contribution in [0.2, 0.25) is 0 Å². The second kappa shape index (κ2) is 10.6. The number of aliphatic carboxylic acids is 1. The van der Waals surface area contributed by atoms with Crippen molar-refractivity contribution in [1.82, 2.24) is 5.32 Å². The number of aryl methyl sites for hydroxylation is 1. The molecule has 1 amide bonds. The molecule has 0 heterocycles. The first-order valence-electron chi connectivity index (χ1n) is 7.48. The number of rotatable bonds is 10. The molecule has 0 radical (unpaired) electrons. The van der Waals surface area contributed by atoms with E-state index in [2.05, 4.69) is 52.2 Å². The molecule has 0 saturated carbocycles. The second-order valence-corrected chi connectivity index (χ2v) is 6.52. The lowest BCUT2D eigenvalue weighted by atomic mass is 10.1. The lowest BCUT2D eigenvalue weighted by Crippen LogP contribution is -2.30. The van der Waals surface area contributed by atoms with Gasteiger partial charge in [-0.15, -0.1) is 0 Å². The molecular formula is C16H23IN2O3. The SMILES string of the molecule is N[C@@H](CCCCNC(=O)CCCc1ccc(I)cc1)C(=O)O. The molecule has 0 saturated heterocycles. The van der Waals surface area contributed by atoms with Crippen LogP contribution in [0, 0.1) is 3.57 Å². The summed E-state index contributed by atoms with van der Waals surface area (Å²) >= 11 is 2.27. The van der Waals surface area contributed by atoms with E-state index in [1.807, 2.05) is 0 Å². The molecule has 22 heavy (non-hydrogen) atoms. The zero-order valence-electron chi connectivity index (χ0n) is 12.6. The van der Waals surface area contributed by atoms with Crippen molar-refractivity contribution in [3.05, 3.63) is 33.4 Å². The fraction of sp³-hybridized carbons (Fsp3) is 0.500. The van der Waals surface area contributed by atoms with E-state index in [0.29, 0.717) is 25.8 Å². The highest BCUT2D eigenvalue weighted by Crippen LogP contribution is 2.09. The summed E-state index contributed by atoms with van der Waals surface area (Å²) in [6, 6.07) is 7.51. The van der Waals surface area contributed by atoms with E-state index < -0.39 is 12.0 Å². The van der Waals surface area contributed by atoms with Gasteiger partial charge in [0.05, 0.1) is 0 Å². The van der Waals surface area contributed by atoms with Crippen molar-refractivity contribution in [3.63, 3.8) is 0 Å². The highest BCUT2D eigenvalue weighted by Gasteiger charge is 2.10. The van der Waals surface area contributed by atoms with E-state index >= 15 is 0 Å². The number of unbranched alkanes of at least 4 members (excludes halogenated alkanes) is 1. The van der Waals surface area contributed by atoms with Gasteiger partial charge in [0.2, 0.25) is 5.91 Å². The van der Waals surface area contributed by atoms with E-state index in [4.69, 9.17) is 10.8 Å². The molecule has 122 valence electrons. The van der Waals surface area contributed by atoms with Crippen LogP contribution in [0.15, 0.2) is 24.3 Å². The predicted molar refractivity (Wildman–Crippen MR) is 94.6 cm³/mol. The molecular weight excluding hydrogens is 395 g/mol. The summed E-state index contributed by atoms with van der Waals surface area (Å²) in [4.78, 5) is 22.2. The predicted octanol–water partition coefficient (Wildman–Crippen LogP) is 2.31. The van der Waals surface area contributed by atoms with Crippen LogP contribution in [0.5, 0.6) is 0 Å². The number of benzene rings is 1. The molecule has 0 fully saturated rings. The summed E-state index contributed by atoms with van der Waals surface area (Å²) in [6.07, 6.45) is 4.15.